The van der Waals surface area contributed by atoms with Crippen molar-refractivity contribution in [3.8, 4) is 0 Å². The molecule has 0 atom stereocenters. The molecule has 2 aliphatic heterocycles. The van der Waals surface area contributed by atoms with Crippen molar-refractivity contribution in [1.29, 1.82) is 0 Å². The molecule has 0 radical (unpaired) electrons. The molecule has 0 unspecified atom stereocenters. The quantitative estimate of drug-likeness (QED) is 0.326. The first-order valence-corrected chi connectivity index (χ1v) is 10.8. The topological polar surface area (TPSA) is 70.2 Å². The molecule has 0 saturated heterocycles. The van der Waals surface area contributed by atoms with Crippen LogP contribution < -0.4 is 20.4 Å². The molecule has 0 spiro atoms. The number of halogens is 1. The molecule has 4 aromatic rings. The van der Waals surface area contributed by atoms with Crippen LogP contribution in [-0.4, -0.2) is 24.9 Å². The van der Waals surface area contributed by atoms with Gasteiger partial charge in [0.05, 0.1) is 22.8 Å². The van der Waals surface area contributed by atoms with E-state index >= 15 is 0 Å². The van der Waals surface area contributed by atoms with Gasteiger partial charge < -0.3 is 26.9 Å². The van der Waals surface area contributed by atoms with E-state index in [1.165, 1.54) is 0 Å². The molecule has 4 aromatic heterocycles. The number of rotatable bonds is 0. The summed E-state index contributed by atoms with van der Waals surface area (Å²) in [7, 11) is 0. The molecule has 7 heteroatoms. The van der Waals surface area contributed by atoms with Gasteiger partial charge in [-0.25, -0.2) is 9.97 Å². The Morgan fingerprint density at radius 3 is 1.25 bits per heavy atom. The zero-order valence-electron chi connectivity index (χ0n) is 17.0. The molecule has 2 aliphatic rings. The number of pyridine rings is 1. The van der Waals surface area contributed by atoms with Gasteiger partial charge in [0.1, 0.15) is 0 Å². The number of hydrogen-bond acceptors (Lipinski definition) is 3. The summed E-state index contributed by atoms with van der Waals surface area (Å²) < 4.78 is 1.13. The van der Waals surface area contributed by atoms with Crippen molar-refractivity contribution in [3.63, 3.8) is 0 Å². The van der Waals surface area contributed by atoms with Gasteiger partial charge in [-0.15, -0.1) is 0 Å². The molecule has 0 aliphatic carbocycles. The van der Waals surface area contributed by atoms with Crippen LogP contribution in [0.4, 0.5) is 0 Å². The van der Waals surface area contributed by atoms with Gasteiger partial charge >= 0.3 is 57.2 Å². The Hall–Kier alpha value is -2.90. The normalized spacial score (nSPS) is 11.4. The molecule has 6 heterocycles. The van der Waals surface area contributed by atoms with E-state index in [-0.39, 0.29) is 17.0 Å². The monoisotopic (exact) mass is 512 g/mol. The van der Waals surface area contributed by atoms with Crippen LogP contribution in [-0.2, 0) is 24.4 Å². The average Bonchev–Trinajstić information content (AvgIpc) is 3.55. The number of H-pyrrole nitrogens is 2. The van der Waals surface area contributed by atoms with Gasteiger partial charge in [0.25, 0.3) is 0 Å². The molecule has 8 bridgehead atoms. The van der Waals surface area contributed by atoms with Crippen LogP contribution >= 0.6 is 0 Å². The molecule has 0 saturated carbocycles. The molecule has 6 rings (SSSR count). The van der Waals surface area contributed by atoms with Gasteiger partial charge in [0, 0.05) is 22.1 Å². The molecular formula is C25H18BrN5Sc. The Bertz CT molecular complexity index is 1280. The number of aromatic amines is 2. The molecule has 32 heavy (non-hydrogen) atoms. The van der Waals surface area contributed by atoms with Crippen LogP contribution in [0.25, 0.3) is 46.4 Å². The summed E-state index contributed by atoms with van der Waals surface area (Å²) in [6, 6.07) is 22.3. The Kier molecular flexibility index (Phi) is 7.07. The molecular weight excluding hydrogens is 495 g/mol. The SMILES string of the molecule is C1=Cc2cc3ccc(cc4nc(cc5ccc(cc1n2)[nH]5)C=C4)[nH]3.[Br-].[Sc+][c]1ccccn1. The van der Waals surface area contributed by atoms with Crippen LogP contribution in [0.5, 0.6) is 0 Å². The summed E-state index contributed by atoms with van der Waals surface area (Å²) in [5.74, 6) is 0. The Labute approximate surface area is 210 Å². The van der Waals surface area contributed by atoms with Gasteiger partial charge in [0.15, 0.2) is 0 Å². The second kappa shape index (κ2) is 10.1. The third-order valence-electron chi connectivity index (χ3n) is 4.73. The second-order valence-corrected chi connectivity index (χ2v) is 8.08. The summed E-state index contributed by atoms with van der Waals surface area (Å²) in [6.45, 7) is 0. The Morgan fingerprint density at radius 1 is 0.562 bits per heavy atom. The van der Waals surface area contributed by atoms with Gasteiger partial charge in [-0.2, -0.15) is 0 Å². The van der Waals surface area contributed by atoms with E-state index < -0.39 is 0 Å². The van der Waals surface area contributed by atoms with Crippen LogP contribution in [0, 0.1) is 0 Å². The van der Waals surface area contributed by atoms with E-state index in [1.54, 1.807) is 30.6 Å². The van der Waals surface area contributed by atoms with Crippen molar-refractivity contribution in [2.75, 3.05) is 0 Å². The summed E-state index contributed by atoms with van der Waals surface area (Å²) in [5, 5.41) is 0. The summed E-state index contributed by atoms with van der Waals surface area (Å²) in [5.41, 5.74) is 7.86. The van der Waals surface area contributed by atoms with E-state index in [1.807, 2.05) is 66.8 Å². The fraction of sp³-hybridized carbons (Fsp3) is 0. The van der Waals surface area contributed by atoms with Gasteiger partial charge in [-0.3, -0.25) is 0 Å². The van der Waals surface area contributed by atoms with Gasteiger partial charge in [-0.1, -0.05) is 0 Å². The van der Waals surface area contributed by atoms with E-state index in [4.69, 9.17) is 0 Å². The van der Waals surface area contributed by atoms with Crippen molar-refractivity contribution in [2.45, 2.75) is 0 Å². The van der Waals surface area contributed by atoms with E-state index in [0.29, 0.717) is 0 Å². The first kappa shape index (κ1) is 22.3. The van der Waals surface area contributed by atoms with E-state index in [9.17, 15) is 0 Å². The fourth-order valence-corrected chi connectivity index (χ4v) is 3.63. The molecule has 0 aromatic carbocycles. The first-order valence-electron chi connectivity index (χ1n) is 9.91. The number of aromatic nitrogens is 5. The molecule has 2 N–H and O–H groups in total. The van der Waals surface area contributed by atoms with Crippen LogP contribution in [0.15, 0.2) is 72.9 Å². The number of nitrogens with zero attached hydrogens (tertiary/aromatic N) is 3. The third-order valence-corrected chi connectivity index (χ3v) is 5.26. The number of nitrogens with one attached hydrogen (secondary N) is 2. The van der Waals surface area contributed by atoms with Crippen LogP contribution in [0.1, 0.15) is 22.8 Å². The van der Waals surface area contributed by atoms with E-state index in [0.717, 1.165) is 48.3 Å². The van der Waals surface area contributed by atoms with Crippen molar-refractivity contribution in [3.05, 3.63) is 95.7 Å². The summed E-state index contributed by atoms with van der Waals surface area (Å²) >= 11 is 1.56. The fourth-order valence-electron chi connectivity index (χ4n) is 3.32. The third kappa shape index (κ3) is 5.66. The molecule has 0 fully saturated rings. The van der Waals surface area contributed by atoms with Crippen LogP contribution in [0.3, 0.4) is 0 Å². The van der Waals surface area contributed by atoms with Gasteiger partial charge in [-0.05, 0) is 72.8 Å². The molecule has 5 nitrogen and oxygen atoms in total. The van der Waals surface area contributed by atoms with E-state index in [2.05, 4.69) is 49.2 Å². The minimum atomic E-state index is 0. The average molecular weight is 513 g/mol. The van der Waals surface area contributed by atoms with Crippen molar-refractivity contribution in [1.82, 2.24) is 24.9 Å². The van der Waals surface area contributed by atoms with Gasteiger partial charge in [0.2, 0.25) is 0 Å². The maximum absolute atomic E-state index is 4.63. The maximum atomic E-state index is 4.63. The first-order chi connectivity index (χ1) is 15.2. The Balaban J connectivity index is 0.000000265. The predicted octanol–water partition coefficient (Wildman–Crippen LogP) is 1.91. The van der Waals surface area contributed by atoms with Crippen molar-refractivity contribution < 1.29 is 41.4 Å². The minimum absolute atomic E-state index is 0. The van der Waals surface area contributed by atoms with Crippen LogP contribution in [0.2, 0.25) is 0 Å². The zero-order chi connectivity index (χ0) is 21.0. The van der Waals surface area contributed by atoms with Crippen molar-refractivity contribution in [2.24, 2.45) is 0 Å². The molecule has 153 valence electrons. The molecule has 0 amide bonds. The summed E-state index contributed by atoms with van der Waals surface area (Å²) in [6.07, 6.45) is 9.89. The summed E-state index contributed by atoms with van der Waals surface area (Å²) in [4.78, 5) is 20.0. The standard InChI is InChI=1S/C20H14N4.C5H4N.BrH.Sc/c1-2-14-10-16-5-6-18(23-16)12-20-8-7-19(24-20)11-17-4-3-15(22-17)9-13(1)21-14;1-2-4-6-5-3-1;;/h1-12,21,24H;1-4H;1H;/q;;;+1/p-1. The Morgan fingerprint density at radius 2 is 0.969 bits per heavy atom. The number of fused-ring (bicyclic) bond motifs is 8. The predicted molar refractivity (Wildman–Crippen MR) is 123 cm³/mol. The second-order valence-electron chi connectivity index (χ2n) is 7.16. The van der Waals surface area contributed by atoms with Crippen molar-refractivity contribution >= 4 is 49.8 Å². The zero-order valence-corrected chi connectivity index (χ0v) is 20.4. The number of hydrogen-bond donors (Lipinski definition) is 2.